The number of carbonyl (C=O) groups excluding carboxylic acids is 1. The monoisotopic (exact) mass is 245 g/mol. The Morgan fingerprint density at radius 3 is 2.19 bits per heavy atom. The highest BCUT2D eigenvalue weighted by molar-refractivity contribution is 7.89. The molecule has 0 saturated carbocycles. The summed E-state index contributed by atoms with van der Waals surface area (Å²) in [5.74, 6) is -0.727. The number of carbonyl (C=O) groups is 1. The fourth-order valence-corrected chi connectivity index (χ4v) is 1.72. The normalized spacial score (nSPS) is 10.0. The summed E-state index contributed by atoms with van der Waals surface area (Å²) in [5, 5.41) is 4.91. The van der Waals surface area contributed by atoms with E-state index >= 15 is 0 Å². The molecule has 0 amide bonds. The minimum Gasteiger partial charge on any atom is -0.465 e. The van der Waals surface area contributed by atoms with E-state index in [1.807, 2.05) is 13.8 Å². The van der Waals surface area contributed by atoms with Gasteiger partial charge in [0.05, 0.1) is 17.6 Å². The highest BCUT2D eigenvalue weighted by atomic mass is 32.2. The summed E-state index contributed by atoms with van der Waals surface area (Å²) >= 11 is 0. The number of benzene rings is 1. The predicted octanol–water partition coefficient (Wildman–Crippen LogP) is 1.15. The molecule has 90 valence electrons. The van der Waals surface area contributed by atoms with Crippen molar-refractivity contribution in [1.82, 2.24) is 0 Å². The van der Waals surface area contributed by atoms with Crippen LogP contribution in [0.3, 0.4) is 0 Å². The quantitative estimate of drug-likeness (QED) is 0.792. The van der Waals surface area contributed by atoms with E-state index in [0.717, 1.165) is 0 Å². The van der Waals surface area contributed by atoms with Crippen LogP contribution >= 0.6 is 0 Å². The molecule has 0 unspecified atom stereocenters. The summed E-state index contributed by atoms with van der Waals surface area (Å²) in [6.07, 6.45) is 0. The lowest BCUT2D eigenvalue weighted by Crippen LogP contribution is -2.17. The average Bonchev–Trinajstić information content (AvgIpc) is 2.29. The Hall–Kier alpha value is -1.40. The van der Waals surface area contributed by atoms with Crippen molar-refractivity contribution in [3.05, 3.63) is 29.8 Å². The Kier molecular flexibility index (Phi) is 5.69. The van der Waals surface area contributed by atoms with Crippen LogP contribution in [0, 0.1) is 0 Å². The molecule has 1 rings (SSSR count). The van der Waals surface area contributed by atoms with Gasteiger partial charge in [0.2, 0.25) is 10.0 Å². The van der Waals surface area contributed by atoms with Gasteiger partial charge in [0.1, 0.15) is 0 Å². The fourth-order valence-electron chi connectivity index (χ4n) is 0.993. The van der Waals surface area contributed by atoms with Crippen LogP contribution in [-0.4, -0.2) is 21.5 Å². The number of hydrogen-bond acceptors (Lipinski definition) is 4. The fraction of sp³-hybridized carbons (Fsp3) is 0.300. The smallest absolute Gasteiger partial charge is 0.339 e. The standard InChI is InChI=1S/C8H9NO4S.C2H6/c1-13-8(10)6-4-2-3-5-7(6)14(9,11)12;1-2/h2-5H,1H3,(H2,9,11,12);1-2H3. The molecule has 0 spiro atoms. The number of ether oxygens (including phenoxy) is 1. The summed E-state index contributed by atoms with van der Waals surface area (Å²) in [5.41, 5.74) is -0.0579. The predicted molar refractivity (Wildman–Crippen MR) is 60.5 cm³/mol. The van der Waals surface area contributed by atoms with Crippen molar-refractivity contribution in [3.63, 3.8) is 0 Å². The van der Waals surface area contributed by atoms with E-state index in [2.05, 4.69) is 4.74 Å². The van der Waals surface area contributed by atoms with Crippen molar-refractivity contribution < 1.29 is 17.9 Å². The van der Waals surface area contributed by atoms with Crippen molar-refractivity contribution >= 4 is 16.0 Å². The van der Waals surface area contributed by atoms with Crippen LogP contribution in [0.4, 0.5) is 0 Å². The SMILES string of the molecule is CC.COC(=O)c1ccccc1S(N)(=O)=O. The van der Waals surface area contributed by atoms with Crippen molar-refractivity contribution in [3.8, 4) is 0 Å². The van der Waals surface area contributed by atoms with Crippen LogP contribution in [0.2, 0.25) is 0 Å². The van der Waals surface area contributed by atoms with Gasteiger partial charge in [-0.2, -0.15) is 0 Å². The van der Waals surface area contributed by atoms with Crippen LogP contribution in [0.1, 0.15) is 24.2 Å². The molecule has 16 heavy (non-hydrogen) atoms. The molecular formula is C10H15NO4S. The van der Waals surface area contributed by atoms with Gasteiger partial charge in [0, 0.05) is 0 Å². The van der Waals surface area contributed by atoms with E-state index in [-0.39, 0.29) is 10.5 Å². The average molecular weight is 245 g/mol. The van der Waals surface area contributed by atoms with E-state index < -0.39 is 16.0 Å². The number of esters is 1. The topological polar surface area (TPSA) is 86.5 Å². The minimum absolute atomic E-state index is 0.0579. The molecule has 0 fully saturated rings. The van der Waals surface area contributed by atoms with Gasteiger partial charge in [0.25, 0.3) is 0 Å². The molecular weight excluding hydrogens is 230 g/mol. The zero-order valence-corrected chi connectivity index (χ0v) is 10.2. The molecule has 0 bridgehead atoms. The molecule has 0 atom stereocenters. The van der Waals surface area contributed by atoms with Gasteiger partial charge in [-0.25, -0.2) is 18.4 Å². The lowest BCUT2D eigenvalue weighted by atomic mass is 10.2. The second-order valence-corrected chi connectivity index (χ2v) is 4.06. The number of primary sulfonamides is 1. The van der Waals surface area contributed by atoms with Crippen LogP contribution in [0.25, 0.3) is 0 Å². The first-order valence-corrected chi connectivity index (χ1v) is 6.21. The summed E-state index contributed by atoms with van der Waals surface area (Å²) in [6, 6.07) is 5.60. The van der Waals surface area contributed by atoms with E-state index in [1.54, 1.807) is 0 Å². The third-order valence-corrected chi connectivity index (χ3v) is 2.57. The van der Waals surface area contributed by atoms with E-state index in [9.17, 15) is 13.2 Å². The Balaban J connectivity index is 0.00000106. The first kappa shape index (κ1) is 14.6. The Morgan fingerprint density at radius 1 is 1.25 bits per heavy atom. The van der Waals surface area contributed by atoms with Gasteiger partial charge in [-0.05, 0) is 12.1 Å². The third kappa shape index (κ3) is 3.63. The maximum atomic E-state index is 11.1. The largest absolute Gasteiger partial charge is 0.465 e. The van der Waals surface area contributed by atoms with Crippen LogP contribution < -0.4 is 5.14 Å². The van der Waals surface area contributed by atoms with Gasteiger partial charge in [-0.3, -0.25) is 0 Å². The third-order valence-electron chi connectivity index (χ3n) is 1.60. The zero-order chi connectivity index (χ0) is 12.8. The van der Waals surface area contributed by atoms with Crippen molar-refractivity contribution in [2.75, 3.05) is 7.11 Å². The Bertz CT molecular complexity index is 454. The molecule has 0 aliphatic rings. The summed E-state index contributed by atoms with van der Waals surface area (Å²) in [4.78, 5) is 10.9. The van der Waals surface area contributed by atoms with Gasteiger partial charge in [-0.1, -0.05) is 26.0 Å². The van der Waals surface area contributed by atoms with Gasteiger partial charge < -0.3 is 4.74 Å². The molecule has 0 radical (unpaired) electrons. The molecule has 5 nitrogen and oxygen atoms in total. The molecule has 0 aliphatic heterocycles. The van der Waals surface area contributed by atoms with Crippen molar-refractivity contribution in [1.29, 1.82) is 0 Å². The first-order chi connectivity index (χ1) is 7.46. The lowest BCUT2D eigenvalue weighted by Gasteiger charge is -2.04. The number of hydrogen-bond donors (Lipinski definition) is 1. The number of sulfonamides is 1. The zero-order valence-electron chi connectivity index (χ0n) is 9.43. The molecule has 0 saturated heterocycles. The van der Waals surface area contributed by atoms with Crippen LogP contribution in [0.15, 0.2) is 29.2 Å². The number of nitrogens with two attached hydrogens (primary N) is 1. The van der Waals surface area contributed by atoms with E-state index in [1.165, 1.54) is 31.4 Å². The van der Waals surface area contributed by atoms with Gasteiger partial charge in [-0.15, -0.1) is 0 Å². The summed E-state index contributed by atoms with van der Waals surface area (Å²) < 4.78 is 26.5. The Labute approximate surface area is 95.3 Å². The second kappa shape index (κ2) is 6.24. The van der Waals surface area contributed by atoms with Crippen LogP contribution in [0.5, 0.6) is 0 Å². The number of methoxy groups -OCH3 is 1. The molecule has 1 aromatic rings. The van der Waals surface area contributed by atoms with Gasteiger partial charge in [0.15, 0.2) is 0 Å². The molecule has 1 aromatic carbocycles. The summed E-state index contributed by atoms with van der Waals surface area (Å²) in [6.45, 7) is 4.00. The molecule has 0 aliphatic carbocycles. The maximum absolute atomic E-state index is 11.1. The molecule has 0 heterocycles. The maximum Gasteiger partial charge on any atom is 0.339 e. The van der Waals surface area contributed by atoms with Crippen molar-refractivity contribution in [2.45, 2.75) is 18.7 Å². The lowest BCUT2D eigenvalue weighted by molar-refractivity contribution is 0.0596. The highest BCUT2D eigenvalue weighted by Crippen LogP contribution is 2.14. The Morgan fingerprint density at radius 2 is 1.75 bits per heavy atom. The first-order valence-electron chi connectivity index (χ1n) is 4.67. The number of rotatable bonds is 2. The molecule has 6 heteroatoms. The van der Waals surface area contributed by atoms with E-state index in [0.29, 0.717) is 0 Å². The minimum atomic E-state index is -3.89. The van der Waals surface area contributed by atoms with Crippen LogP contribution in [-0.2, 0) is 14.8 Å². The van der Waals surface area contributed by atoms with Gasteiger partial charge >= 0.3 is 5.97 Å². The summed E-state index contributed by atoms with van der Waals surface area (Å²) in [7, 11) is -2.72. The molecule has 0 aromatic heterocycles. The van der Waals surface area contributed by atoms with E-state index in [4.69, 9.17) is 5.14 Å². The molecule has 2 N–H and O–H groups in total. The van der Waals surface area contributed by atoms with Crippen molar-refractivity contribution in [2.24, 2.45) is 5.14 Å². The highest BCUT2D eigenvalue weighted by Gasteiger charge is 2.18. The second-order valence-electron chi connectivity index (χ2n) is 2.53.